The number of pyridine rings is 1. The summed E-state index contributed by atoms with van der Waals surface area (Å²) in [5.74, 6) is -5.11. The number of hydrogen-bond donors (Lipinski definition) is 8. The minimum absolute atomic E-state index is 0.00412. The van der Waals surface area contributed by atoms with Gasteiger partial charge in [-0.2, -0.15) is 18.9 Å². The van der Waals surface area contributed by atoms with Crippen molar-refractivity contribution in [1.29, 1.82) is 10.5 Å². The predicted octanol–water partition coefficient (Wildman–Crippen LogP) is 10.5. The molecule has 1 unspecified atom stereocenters. The first-order valence-electron chi connectivity index (χ1n) is 19.0. The fraction of sp³-hybridized carbons (Fsp3) is 0.0714. The highest BCUT2D eigenvalue weighted by molar-refractivity contribution is 7.86. The van der Waals surface area contributed by atoms with Crippen LogP contribution in [0.3, 0.4) is 0 Å². The van der Waals surface area contributed by atoms with Gasteiger partial charge in [0.15, 0.2) is 27.7 Å². The number of carboxylic acid groups (broad SMARTS) is 3. The van der Waals surface area contributed by atoms with Crippen molar-refractivity contribution in [1.82, 2.24) is 4.98 Å². The lowest BCUT2D eigenvalue weighted by Gasteiger charge is -2.16. The lowest BCUT2D eigenvalue weighted by atomic mass is 10.0. The van der Waals surface area contributed by atoms with Crippen molar-refractivity contribution in [2.45, 2.75) is 29.6 Å². The average Bonchev–Trinajstić information content (AvgIpc) is 3.65. The minimum atomic E-state index is -4.81. The molecule has 4 aromatic carbocycles. The van der Waals surface area contributed by atoms with Gasteiger partial charge in [0.05, 0.1) is 43.7 Å². The van der Waals surface area contributed by atoms with Crippen molar-refractivity contribution in [3.63, 3.8) is 0 Å². The molecular weight excluding hydrogens is 1000 g/mol. The predicted molar refractivity (Wildman–Crippen MR) is 251 cm³/mol. The Balaban J connectivity index is 1.54. The van der Waals surface area contributed by atoms with Crippen LogP contribution in [0.15, 0.2) is 109 Å². The van der Waals surface area contributed by atoms with Crippen molar-refractivity contribution in [3.8, 4) is 23.3 Å². The number of carboxylic acids is 3. The smallest absolute Gasteiger partial charge is 0.335 e. The van der Waals surface area contributed by atoms with Gasteiger partial charge in [0.2, 0.25) is 5.91 Å². The number of halogens is 2. The maximum absolute atomic E-state index is 12.6. The zero-order valence-corrected chi connectivity index (χ0v) is 38.6. The normalized spacial score (nSPS) is 11.8. The van der Waals surface area contributed by atoms with E-state index in [2.05, 4.69) is 41.4 Å². The van der Waals surface area contributed by atoms with Crippen molar-refractivity contribution in [3.05, 3.63) is 117 Å². The monoisotopic (exact) mass is 1030 g/mol. The van der Waals surface area contributed by atoms with E-state index in [1.165, 1.54) is 61.5 Å². The second-order valence-corrected chi connectivity index (χ2v) is 18.0. The van der Waals surface area contributed by atoms with Gasteiger partial charge in [0, 0.05) is 34.6 Å². The number of hydrogen-bond acceptors (Lipinski definition) is 17. The van der Waals surface area contributed by atoms with E-state index in [1.54, 1.807) is 0 Å². The fourth-order valence-electron chi connectivity index (χ4n) is 6.13. The summed E-state index contributed by atoms with van der Waals surface area (Å²) in [5, 5.41) is 74.3. The van der Waals surface area contributed by atoms with Crippen molar-refractivity contribution < 1.29 is 56.2 Å². The van der Waals surface area contributed by atoms with Gasteiger partial charge in [-0.15, -0.1) is 20.5 Å². The summed E-state index contributed by atoms with van der Waals surface area (Å²) in [5.41, 5.74) is -0.847. The molecule has 8 N–H and O–H groups in total. The number of amides is 1. The molecule has 350 valence electrons. The van der Waals surface area contributed by atoms with E-state index >= 15 is 0 Å². The summed E-state index contributed by atoms with van der Waals surface area (Å²) >= 11 is 10.3. The lowest BCUT2D eigenvalue weighted by molar-refractivity contribution is -0.138. The fourth-order valence-corrected chi connectivity index (χ4v) is 8.83. The number of carbonyl (C=O) groups excluding carboxylic acids is 1. The first-order chi connectivity index (χ1) is 32.7. The molecule has 0 aliphatic carbocycles. The summed E-state index contributed by atoms with van der Waals surface area (Å²) in [6.07, 6.45) is -0.808. The van der Waals surface area contributed by atoms with E-state index in [4.69, 9.17) is 28.3 Å². The van der Waals surface area contributed by atoms with Crippen LogP contribution < -0.4 is 16.0 Å². The van der Waals surface area contributed by atoms with E-state index in [-0.39, 0.29) is 99.3 Å². The molecule has 1 amide bonds. The summed E-state index contributed by atoms with van der Waals surface area (Å²) in [6, 6.07) is 20.5. The Morgan fingerprint density at radius 1 is 0.768 bits per heavy atom. The summed E-state index contributed by atoms with van der Waals surface area (Å²) in [6.45, 7) is 1.45. The van der Waals surface area contributed by atoms with Crippen LogP contribution in [0.25, 0.3) is 11.1 Å². The Hall–Kier alpha value is -8.01. The number of carbonyl (C=O) groups is 4. The molecule has 6 rings (SSSR count). The molecule has 6 aromatic rings. The molecule has 0 aliphatic heterocycles. The lowest BCUT2D eigenvalue weighted by Crippen LogP contribution is -2.13. The van der Waals surface area contributed by atoms with Crippen LogP contribution in [-0.2, 0) is 30.8 Å². The molecule has 0 radical (unpaired) electrons. The molecule has 0 bridgehead atoms. The molecule has 27 heteroatoms. The molecular formula is C42H28Cl2N10O12S3. The second-order valence-electron chi connectivity index (χ2n) is 13.9. The van der Waals surface area contributed by atoms with Gasteiger partial charge in [-0.25, -0.2) is 18.8 Å². The maximum Gasteiger partial charge on any atom is 0.335 e. The molecule has 0 spiro atoms. The minimum Gasteiger partial charge on any atom is -0.481 e. The molecule has 0 saturated heterocycles. The quantitative estimate of drug-likeness (QED) is 0.0239. The standard InChI is InChI=1S/C42H28Cl2N10O12S3/c1-19-27(17-45)37(48-25-6-8-30(44)32(16-25)69(64,65)66)50-38(49-24-5-7-29(43)31(15-24)68(62)63)36(19)52-53-39-28(18-46)35(20-3-2-4-23(12-20)47-33(55)9-10-34(56)57)40(67-39)54-51-26-13-21(41(58)59)11-22(14-26)42(60)61/h2-8,11-16H,9-10H2,1H3,(H,47,55)(H,56,57)(H,58,59)(H,60,61)(H,62,63)(H2,48,49,50)(H,64,65,66). The zero-order chi connectivity index (χ0) is 50.3. The average molecular weight is 1030 g/mol. The van der Waals surface area contributed by atoms with E-state index in [9.17, 15) is 61.6 Å². The molecule has 1 atom stereocenters. The Morgan fingerprint density at radius 2 is 1.39 bits per heavy atom. The number of aliphatic carboxylic acids is 1. The van der Waals surface area contributed by atoms with Gasteiger partial charge in [0.25, 0.3) is 10.1 Å². The zero-order valence-electron chi connectivity index (χ0n) is 34.6. The topological polar surface area (TPSA) is 367 Å². The van der Waals surface area contributed by atoms with Crippen molar-refractivity contribution in [2.24, 2.45) is 20.5 Å². The van der Waals surface area contributed by atoms with Crippen LogP contribution >= 0.6 is 34.5 Å². The van der Waals surface area contributed by atoms with Crippen molar-refractivity contribution in [2.75, 3.05) is 16.0 Å². The van der Waals surface area contributed by atoms with Gasteiger partial charge < -0.3 is 35.8 Å². The van der Waals surface area contributed by atoms with Crippen LogP contribution in [0.2, 0.25) is 10.0 Å². The van der Waals surface area contributed by atoms with Gasteiger partial charge in [-0.05, 0) is 79.2 Å². The molecule has 2 heterocycles. The first-order valence-corrected chi connectivity index (χ1v) is 23.1. The van der Waals surface area contributed by atoms with Crippen LogP contribution in [-0.4, -0.2) is 65.9 Å². The highest BCUT2D eigenvalue weighted by Crippen LogP contribution is 2.49. The SMILES string of the molecule is Cc1c(C#N)c(Nc2ccc(Cl)c(S(=O)(=O)O)c2)nc(Nc2ccc(Cl)c(S(=O)O)c2)c1N=Nc1sc(N=Nc2cc(C(=O)O)cc(C(=O)O)c2)c(-c2cccc(NC(=O)CCC(=O)O)c2)c1C#N. The Morgan fingerprint density at radius 3 is 2.00 bits per heavy atom. The molecule has 69 heavy (non-hydrogen) atoms. The number of azo groups is 2. The number of rotatable bonds is 17. The highest BCUT2D eigenvalue weighted by Gasteiger charge is 2.24. The third-order valence-electron chi connectivity index (χ3n) is 9.27. The van der Waals surface area contributed by atoms with Crippen LogP contribution in [0, 0.1) is 29.6 Å². The first kappa shape index (κ1) is 50.4. The number of anilines is 5. The molecule has 0 fully saturated rings. The van der Waals surface area contributed by atoms with Gasteiger partial charge in [-0.3, -0.25) is 14.1 Å². The van der Waals surface area contributed by atoms with Crippen LogP contribution in [0.4, 0.5) is 50.1 Å². The largest absolute Gasteiger partial charge is 0.481 e. The number of nitriles is 2. The van der Waals surface area contributed by atoms with Crippen molar-refractivity contribution >= 4 is 130 Å². The summed E-state index contributed by atoms with van der Waals surface area (Å²) < 4.78 is 55.8. The Labute approximate surface area is 405 Å². The van der Waals surface area contributed by atoms with Gasteiger partial charge in [-0.1, -0.05) is 46.7 Å². The second kappa shape index (κ2) is 21.3. The number of nitrogens with one attached hydrogen (secondary N) is 3. The van der Waals surface area contributed by atoms with Crippen LogP contribution in [0.5, 0.6) is 0 Å². The Kier molecular flexibility index (Phi) is 15.6. The van der Waals surface area contributed by atoms with E-state index < -0.39 is 67.5 Å². The van der Waals surface area contributed by atoms with Crippen LogP contribution in [0.1, 0.15) is 50.2 Å². The van der Waals surface area contributed by atoms with E-state index in [0.717, 1.165) is 35.6 Å². The highest BCUT2D eigenvalue weighted by atomic mass is 35.5. The number of aromatic nitrogens is 1. The van der Waals surface area contributed by atoms with Gasteiger partial charge in [0.1, 0.15) is 33.3 Å². The van der Waals surface area contributed by atoms with E-state index in [1.807, 2.05) is 12.1 Å². The number of aromatic carboxylic acids is 2. The molecule has 0 saturated carbocycles. The molecule has 22 nitrogen and oxygen atoms in total. The van der Waals surface area contributed by atoms with Gasteiger partial charge >= 0.3 is 17.9 Å². The van der Waals surface area contributed by atoms with E-state index in [0.29, 0.717) is 0 Å². The maximum atomic E-state index is 12.6. The summed E-state index contributed by atoms with van der Waals surface area (Å²) in [7, 11) is -4.81. The molecule has 2 aromatic heterocycles. The number of thiophene rings is 1. The third kappa shape index (κ3) is 12.1. The number of benzene rings is 4. The molecule has 0 aliphatic rings. The summed E-state index contributed by atoms with van der Waals surface area (Å²) in [4.78, 5) is 51.0. The number of nitrogens with zero attached hydrogens (tertiary/aromatic N) is 7. The third-order valence-corrected chi connectivity index (χ3v) is 12.7. The Bertz CT molecular complexity index is 3390.